The van der Waals surface area contributed by atoms with E-state index in [1.54, 1.807) is 17.1 Å². The molecule has 1 fully saturated rings. The van der Waals surface area contributed by atoms with Gasteiger partial charge in [0.2, 0.25) is 10.0 Å². The van der Waals surface area contributed by atoms with Gasteiger partial charge in [0, 0.05) is 24.8 Å². The van der Waals surface area contributed by atoms with Crippen molar-refractivity contribution in [3.05, 3.63) is 77.1 Å². The van der Waals surface area contributed by atoms with Gasteiger partial charge in [0.1, 0.15) is 11.5 Å². The lowest BCUT2D eigenvalue weighted by atomic mass is 10.2. The van der Waals surface area contributed by atoms with Crippen molar-refractivity contribution in [3.8, 4) is 5.69 Å². The Kier molecular flexibility index (Phi) is 5.90. The summed E-state index contributed by atoms with van der Waals surface area (Å²) in [7, 11) is -3.74. The molecule has 9 heteroatoms. The normalized spacial score (nSPS) is 14.7. The van der Waals surface area contributed by atoms with Gasteiger partial charge in [-0.3, -0.25) is 0 Å². The Bertz CT molecular complexity index is 1160. The average Bonchev–Trinajstić information content (AvgIpc) is 3.45. The highest BCUT2D eigenvalue weighted by Crippen LogP contribution is 2.28. The Labute approximate surface area is 179 Å². The van der Waals surface area contributed by atoms with E-state index in [0.717, 1.165) is 18.5 Å². The van der Waals surface area contributed by atoms with E-state index in [1.165, 1.54) is 22.5 Å². The Hall–Kier alpha value is -2.68. The molecule has 30 heavy (non-hydrogen) atoms. The molecule has 0 unspecified atom stereocenters. The molecule has 4 rings (SSSR count). The van der Waals surface area contributed by atoms with Gasteiger partial charge in [-0.15, -0.1) is 0 Å². The highest BCUT2D eigenvalue weighted by Gasteiger charge is 2.30. The molecule has 0 bridgehead atoms. The summed E-state index contributed by atoms with van der Waals surface area (Å²) in [6.07, 6.45) is 5.02. The number of halogens is 1. The number of carbonyl (C=O) groups is 1. The van der Waals surface area contributed by atoms with Crippen LogP contribution in [0.4, 0.5) is 0 Å². The SMILES string of the molecule is O=C(OCc1cnn(-c2ccccc2)c1)c1ccc(Cl)c(S(=O)(=O)N2CCCC2)c1. The molecule has 0 saturated carbocycles. The largest absolute Gasteiger partial charge is 0.457 e. The highest BCUT2D eigenvalue weighted by molar-refractivity contribution is 7.89. The molecule has 1 saturated heterocycles. The lowest BCUT2D eigenvalue weighted by molar-refractivity contribution is 0.0472. The summed E-state index contributed by atoms with van der Waals surface area (Å²) in [5.74, 6) is -0.628. The fourth-order valence-electron chi connectivity index (χ4n) is 3.28. The molecule has 0 aliphatic carbocycles. The van der Waals surface area contributed by atoms with E-state index in [2.05, 4.69) is 5.10 Å². The maximum Gasteiger partial charge on any atom is 0.338 e. The Morgan fingerprint density at radius 1 is 1.10 bits per heavy atom. The summed E-state index contributed by atoms with van der Waals surface area (Å²) in [5, 5.41) is 4.35. The van der Waals surface area contributed by atoms with E-state index in [-0.39, 0.29) is 22.1 Å². The number of hydrogen-bond donors (Lipinski definition) is 0. The predicted molar refractivity (Wildman–Crippen MR) is 112 cm³/mol. The van der Waals surface area contributed by atoms with E-state index < -0.39 is 16.0 Å². The van der Waals surface area contributed by atoms with Crippen molar-refractivity contribution in [1.29, 1.82) is 0 Å². The van der Waals surface area contributed by atoms with E-state index in [0.29, 0.717) is 18.7 Å². The molecular weight excluding hydrogens is 426 g/mol. The smallest absolute Gasteiger partial charge is 0.338 e. The first-order chi connectivity index (χ1) is 14.4. The summed E-state index contributed by atoms with van der Waals surface area (Å²) in [6.45, 7) is 0.931. The van der Waals surface area contributed by atoms with Crippen LogP contribution in [-0.2, 0) is 21.4 Å². The van der Waals surface area contributed by atoms with E-state index in [9.17, 15) is 13.2 Å². The number of ether oxygens (including phenoxy) is 1. The first-order valence-corrected chi connectivity index (χ1v) is 11.3. The summed E-state index contributed by atoms with van der Waals surface area (Å²) in [5.41, 5.74) is 1.74. The number of benzene rings is 2. The average molecular weight is 446 g/mol. The minimum Gasteiger partial charge on any atom is -0.457 e. The standard InChI is InChI=1S/C21H20ClN3O4S/c22-19-9-8-17(12-20(19)30(27,28)24-10-4-5-11-24)21(26)29-15-16-13-23-25(14-16)18-6-2-1-3-7-18/h1-3,6-9,12-14H,4-5,10-11,15H2. The molecule has 0 amide bonds. The summed E-state index contributed by atoms with van der Waals surface area (Å²) < 4.78 is 34.1. The van der Waals surface area contributed by atoms with Crippen molar-refractivity contribution in [2.75, 3.05) is 13.1 Å². The topological polar surface area (TPSA) is 81.5 Å². The van der Waals surface area contributed by atoms with Gasteiger partial charge in [-0.25, -0.2) is 17.9 Å². The molecule has 0 radical (unpaired) electrons. The third kappa shape index (κ3) is 4.26. The van der Waals surface area contributed by atoms with Crippen LogP contribution in [0.5, 0.6) is 0 Å². The number of nitrogens with zero attached hydrogens (tertiary/aromatic N) is 3. The first-order valence-electron chi connectivity index (χ1n) is 9.51. The van der Waals surface area contributed by atoms with Gasteiger partial charge in [0.15, 0.2) is 0 Å². The number of sulfonamides is 1. The lowest BCUT2D eigenvalue weighted by Gasteiger charge is -2.17. The summed E-state index contributed by atoms with van der Waals surface area (Å²) in [4.78, 5) is 12.4. The third-order valence-electron chi connectivity index (χ3n) is 4.88. The Balaban J connectivity index is 1.47. The highest BCUT2D eigenvalue weighted by atomic mass is 35.5. The van der Waals surface area contributed by atoms with Gasteiger partial charge in [0.25, 0.3) is 0 Å². The van der Waals surface area contributed by atoms with E-state index in [1.807, 2.05) is 30.3 Å². The predicted octanol–water partition coefficient (Wildman–Crippen LogP) is 3.67. The van der Waals surface area contributed by atoms with Crippen LogP contribution in [0, 0.1) is 0 Å². The van der Waals surface area contributed by atoms with Crippen LogP contribution in [-0.4, -0.2) is 41.6 Å². The van der Waals surface area contributed by atoms with Gasteiger partial charge in [-0.05, 0) is 43.2 Å². The molecule has 156 valence electrons. The minimum absolute atomic E-state index is 0.0164. The van der Waals surface area contributed by atoms with Crippen LogP contribution >= 0.6 is 11.6 Å². The molecule has 2 heterocycles. The molecule has 1 aliphatic rings. The van der Waals surface area contributed by atoms with Gasteiger partial charge >= 0.3 is 5.97 Å². The van der Waals surface area contributed by atoms with Gasteiger partial charge in [0.05, 0.1) is 22.5 Å². The zero-order chi connectivity index (χ0) is 21.1. The fourth-order valence-corrected chi connectivity index (χ4v) is 5.30. The summed E-state index contributed by atoms with van der Waals surface area (Å²) >= 11 is 6.13. The number of hydrogen-bond acceptors (Lipinski definition) is 5. The van der Waals surface area contributed by atoms with Crippen molar-refractivity contribution >= 4 is 27.6 Å². The second-order valence-corrected chi connectivity index (χ2v) is 9.27. The minimum atomic E-state index is -3.74. The van der Waals surface area contributed by atoms with Crippen LogP contribution in [0.2, 0.25) is 5.02 Å². The van der Waals surface area contributed by atoms with Crippen molar-refractivity contribution < 1.29 is 17.9 Å². The van der Waals surface area contributed by atoms with Crippen LogP contribution in [0.15, 0.2) is 65.8 Å². The number of rotatable bonds is 6. The number of aromatic nitrogens is 2. The van der Waals surface area contributed by atoms with Crippen molar-refractivity contribution in [1.82, 2.24) is 14.1 Å². The van der Waals surface area contributed by atoms with E-state index >= 15 is 0 Å². The van der Waals surface area contributed by atoms with E-state index in [4.69, 9.17) is 16.3 Å². The first kappa shape index (κ1) is 20.6. The van der Waals surface area contributed by atoms with Crippen molar-refractivity contribution in [2.45, 2.75) is 24.3 Å². The summed E-state index contributed by atoms with van der Waals surface area (Å²) in [6, 6.07) is 13.7. The lowest BCUT2D eigenvalue weighted by Crippen LogP contribution is -2.28. The van der Waals surface area contributed by atoms with Crippen LogP contribution in [0.1, 0.15) is 28.8 Å². The second kappa shape index (κ2) is 8.59. The zero-order valence-electron chi connectivity index (χ0n) is 16.1. The maximum atomic E-state index is 12.8. The molecule has 1 aromatic heterocycles. The molecule has 0 atom stereocenters. The van der Waals surface area contributed by atoms with Crippen molar-refractivity contribution in [2.24, 2.45) is 0 Å². The number of carbonyl (C=O) groups excluding carboxylic acids is 1. The fraction of sp³-hybridized carbons (Fsp3) is 0.238. The second-order valence-electron chi connectivity index (χ2n) is 6.96. The molecule has 0 spiro atoms. The van der Waals surface area contributed by atoms with Crippen LogP contribution < -0.4 is 0 Å². The number of esters is 1. The quantitative estimate of drug-likeness (QED) is 0.541. The van der Waals surface area contributed by atoms with Crippen molar-refractivity contribution in [3.63, 3.8) is 0 Å². The maximum absolute atomic E-state index is 12.8. The Morgan fingerprint density at radius 2 is 1.83 bits per heavy atom. The van der Waals surface area contributed by atoms with Gasteiger partial charge < -0.3 is 4.74 Å². The molecule has 0 N–H and O–H groups in total. The monoisotopic (exact) mass is 445 g/mol. The van der Waals surface area contributed by atoms with Crippen LogP contribution in [0.25, 0.3) is 5.69 Å². The molecule has 3 aromatic rings. The van der Waals surface area contributed by atoms with Gasteiger partial charge in [-0.1, -0.05) is 29.8 Å². The molecular formula is C21H20ClN3O4S. The molecule has 7 nitrogen and oxygen atoms in total. The molecule has 1 aliphatic heterocycles. The molecule has 2 aromatic carbocycles. The van der Waals surface area contributed by atoms with Gasteiger partial charge in [-0.2, -0.15) is 9.40 Å². The third-order valence-corrected chi connectivity index (χ3v) is 7.26. The van der Waals surface area contributed by atoms with Crippen LogP contribution in [0.3, 0.4) is 0 Å². The Morgan fingerprint density at radius 3 is 2.57 bits per heavy atom. The zero-order valence-corrected chi connectivity index (χ0v) is 17.6. The number of para-hydroxylation sites is 1.